The summed E-state index contributed by atoms with van der Waals surface area (Å²) in [5.41, 5.74) is 1.73. The minimum absolute atomic E-state index is 0.272. The Labute approximate surface area is 151 Å². The lowest BCUT2D eigenvalue weighted by atomic mass is 10.2. The molecule has 0 aliphatic carbocycles. The first-order valence-electron chi connectivity index (χ1n) is 7.43. The number of benzene rings is 1. The maximum Gasteiger partial charge on any atom is 0.437 e. The van der Waals surface area contributed by atoms with Crippen LogP contribution in [-0.2, 0) is 6.54 Å². The number of hydrogen-bond acceptors (Lipinski definition) is 7. The Hall–Kier alpha value is -2.71. The Morgan fingerprint density at radius 1 is 1.24 bits per heavy atom. The molecule has 8 heteroatoms. The van der Waals surface area contributed by atoms with Crippen molar-refractivity contribution in [1.29, 1.82) is 0 Å². The normalized spacial score (nSPS) is 10.9. The summed E-state index contributed by atoms with van der Waals surface area (Å²) in [5.74, 6) is 0.630. The van der Waals surface area contributed by atoms with Gasteiger partial charge in [-0.15, -0.1) is 27.8 Å². The zero-order chi connectivity index (χ0) is 17.2. The molecule has 0 bridgehead atoms. The lowest BCUT2D eigenvalue weighted by Gasteiger charge is -2.01. The predicted octanol–water partition coefficient (Wildman–Crippen LogP) is 3.75. The number of thiophene rings is 1. The van der Waals surface area contributed by atoms with E-state index >= 15 is 0 Å². The summed E-state index contributed by atoms with van der Waals surface area (Å²) in [5, 5.41) is 8.94. The summed E-state index contributed by atoms with van der Waals surface area (Å²) in [6.45, 7) is 0.272. The van der Waals surface area contributed by atoms with Gasteiger partial charge < -0.3 is 9.15 Å². The first kappa shape index (κ1) is 15.8. The highest BCUT2D eigenvalue weighted by molar-refractivity contribution is 7.13. The molecule has 0 saturated carbocycles. The van der Waals surface area contributed by atoms with Gasteiger partial charge in [0.05, 0.1) is 24.2 Å². The second-order valence-electron chi connectivity index (χ2n) is 5.18. The average Bonchev–Trinajstić information content (AvgIpc) is 3.37. The summed E-state index contributed by atoms with van der Waals surface area (Å²) >= 11 is 2.99. The SMILES string of the molecule is COc1cccc(-c2nc(Cn3nc(-c4cccs4)oc3=O)cs2)c1. The third kappa shape index (κ3) is 3.26. The molecule has 3 aromatic heterocycles. The summed E-state index contributed by atoms with van der Waals surface area (Å²) in [4.78, 5) is 17.4. The van der Waals surface area contributed by atoms with Crippen LogP contribution in [0.3, 0.4) is 0 Å². The molecule has 4 aromatic rings. The molecular weight excluding hydrogens is 358 g/mol. The van der Waals surface area contributed by atoms with E-state index in [0.29, 0.717) is 5.89 Å². The zero-order valence-corrected chi connectivity index (χ0v) is 14.8. The van der Waals surface area contributed by atoms with Gasteiger partial charge in [0.15, 0.2) is 0 Å². The highest BCUT2D eigenvalue weighted by Gasteiger charge is 2.13. The molecule has 0 amide bonds. The van der Waals surface area contributed by atoms with Crippen LogP contribution < -0.4 is 10.5 Å². The number of aromatic nitrogens is 3. The average molecular weight is 371 g/mol. The standard InChI is InChI=1S/C17H13N3O3S2/c1-22-13-5-2-4-11(8-13)16-18-12(10-25-16)9-20-17(21)23-15(19-20)14-6-3-7-24-14/h2-8,10H,9H2,1H3. The van der Waals surface area contributed by atoms with Gasteiger partial charge in [0.25, 0.3) is 5.89 Å². The highest BCUT2D eigenvalue weighted by Crippen LogP contribution is 2.27. The Kier molecular flexibility index (Phi) is 4.21. The summed E-state index contributed by atoms with van der Waals surface area (Å²) in [6.07, 6.45) is 0. The molecule has 1 aromatic carbocycles. The van der Waals surface area contributed by atoms with Gasteiger partial charge in [-0.25, -0.2) is 9.78 Å². The van der Waals surface area contributed by atoms with E-state index in [1.807, 2.05) is 47.2 Å². The van der Waals surface area contributed by atoms with Gasteiger partial charge in [-0.05, 0) is 23.6 Å². The fourth-order valence-electron chi connectivity index (χ4n) is 2.33. The van der Waals surface area contributed by atoms with Gasteiger partial charge in [0, 0.05) is 10.9 Å². The Morgan fingerprint density at radius 3 is 2.96 bits per heavy atom. The van der Waals surface area contributed by atoms with Gasteiger partial charge in [-0.2, -0.15) is 4.68 Å². The molecule has 0 aliphatic heterocycles. The number of thiazole rings is 1. The third-order valence-corrected chi connectivity index (χ3v) is 5.32. The maximum atomic E-state index is 12.0. The molecule has 0 spiro atoms. The molecule has 4 rings (SSSR count). The molecule has 25 heavy (non-hydrogen) atoms. The first-order valence-corrected chi connectivity index (χ1v) is 9.19. The van der Waals surface area contributed by atoms with Crippen molar-refractivity contribution in [3.63, 3.8) is 0 Å². The van der Waals surface area contributed by atoms with Crippen molar-refractivity contribution in [2.45, 2.75) is 6.54 Å². The lowest BCUT2D eigenvalue weighted by molar-refractivity contribution is 0.415. The monoisotopic (exact) mass is 371 g/mol. The minimum atomic E-state index is -0.487. The quantitative estimate of drug-likeness (QED) is 0.534. The molecule has 3 heterocycles. The smallest absolute Gasteiger partial charge is 0.437 e. The van der Waals surface area contributed by atoms with E-state index in [-0.39, 0.29) is 6.54 Å². The molecule has 0 unspecified atom stereocenters. The molecule has 0 fully saturated rings. The van der Waals surface area contributed by atoms with Gasteiger partial charge >= 0.3 is 5.76 Å². The van der Waals surface area contributed by atoms with Gasteiger partial charge in [0.1, 0.15) is 10.8 Å². The fourth-order valence-corrected chi connectivity index (χ4v) is 3.78. The molecule has 0 atom stereocenters. The van der Waals surface area contributed by atoms with E-state index in [0.717, 1.165) is 26.9 Å². The summed E-state index contributed by atoms with van der Waals surface area (Å²) in [6, 6.07) is 11.5. The maximum absolute atomic E-state index is 12.0. The topological polar surface area (TPSA) is 70.2 Å². The van der Waals surface area contributed by atoms with Gasteiger partial charge in [-0.1, -0.05) is 18.2 Å². The van der Waals surface area contributed by atoms with Gasteiger partial charge in [-0.3, -0.25) is 0 Å². The molecule has 0 saturated heterocycles. The van der Waals surface area contributed by atoms with E-state index in [2.05, 4.69) is 10.1 Å². The van der Waals surface area contributed by atoms with E-state index in [1.165, 1.54) is 27.4 Å². The Bertz CT molecular complexity index is 1050. The van der Waals surface area contributed by atoms with Crippen molar-refractivity contribution in [2.24, 2.45) is 0 Å². The summed E-state index contributed by atoms with van der Waals surface area (Å²) < 4.78 is 11.8. The van der Waals surface area contributed by atoms with Crippen LogP contribution in [0.5, 0.6) is 5.75 Å². The van der Waals surface area contributed by atoms with Crippen LogP contribution in [0.1, 0.15) is 5.69 Å². The van der Waals surface area contributed by atoms with Crippen LogP contribution in [-0.4, -0.2) is 21.9 Å². The van der Waals surface area contributed by atoms with Crippen LogP contribution in [0, 0.1) is 0 Å². The number of rotatable bonds is 5. The fraction of sp³-hybridized carbons (Fsp3) is 0.118. The zero-order valence-electron chi connectivity index (χ0n) is 13.2. The largest absolute Gasteiger partial charge is 0.497 e. The molecule has 0 N–H and O–H groups in total. The molecule has 6 nitrogen and oxygen atoms in total. The summed E-state index contributed by atoms with van der Waals surface area (Å²) in [7, 11) is 1.63. The van der Waals surface area contributed by atoms with Crippen molar-refractivity contribution in [3.8, 4) is 27.1 Å². The van der Waals surface area contributed by atoms with Crippen LogP contribution in [0.4, 0.5) is 0 Å². The van der Waals surface area contributed by atoms with E-state index in [9.17, 15) is 4.79 Å². The molecule has 0 aliphatic rings. The number of ether oxygens (including phenoxy) is 1. The third-order valence-electron chi connectivity index (χ3n) is 3.52. The van der Waals surface area contributed by atoms with Crippen molar-refractivity contribution < 1.29 is 9.15 Å². The number of methoxy groups -OCH3 is 1. The van der Waals surface area contributed by atoms with Crippen LogP contribution in [0.15, 0.2) is 56.4 Å². The molecule has 0 radical (unpaired) electrons. The predicted molar refractivity (Wildman–Crippen MR) is 97.3 cm³/mol. The first-order chi connectivity index (χ1) is 12.2. The molecule has 126 valence electrons. The molecular formula is C17H13N3O3S2. The van der Waals surface area contributed by atoms with Crippen molar-refractivity contribution in [1.82, 2.24) is 14.8 Å². The van der Waals surface area contributed by atoms with E-state index < -0.39 is 5.76 Å². The van der Waals surface area contributed by atoms with Crippen molar-refractivity contribution >= 4 is 22.7 Å². The number of hydrogen-bond donors (Lipinski definition) is 0. The Morgan fingerprint density at radius 2 is 2.16 bits per heavy atom. The van der Waals surface area contributed by atoms with Crippen molar-refractivity contribution in [2.75, 3.05) is 7.11 Å². The minimum Gasteiger partial charge on any atom is -0.497 e. The van der Waals surface area contributed by atoms with Crippen LogP contribution in [0.2, 0.25) is 0 Å². The van der Waals surface area contributed by atoms with E-state index in [1.54, 1.807) is 7.11 Å². The van der Waals surface area contributed by atoms with E-state index in [4.69, 9.17) is 9.15 Å². The van der Waals surface area contributed by atoms with Crippen molar-refractivity contribution in [3.05, 3.63) is 63.4 Å². The second-order valence-corrected chi connectivity index (χ2v) is 6.99. The lowest BCUT2D eigenvalue weighted by Crippen LogP contribution is -2.16. The van der Waals surface area contributed by atoms with Crippen LogP contribution >= 0.6 is 22.7 Å². The Balaban J connectivity index is 1.58. The van der Waals surface area contributed by atoms with Gasteiger partial charge in [0.2, 0.25) is 0 Å². The highest BCUT2D eigenvalue weighted by atomic mass is 32.1. The second kappa shape index (κ2) is 6.66. The van der Waals surface area contributed by atoms with Crippen LogP contribution in [0.25, 0.3) is 21.3 Å². The number of nitrogens with zero attached hydrogens (tertiary/aromatic N) is 3.